The number of halogens is 4. The van der Waals surface area contributed by atoms with Gasteiger partial charge < -0.3 is 19.1 Å². The van der Waals surface area contributed by atoms with Gasteiger partial charge in [0.25, 0.3) is 0 Å². The molecule has 0 radical (unpaired) electrons. The van der Waals surface area contributed by atoms with Crippen molar-refractivity contribution in [3.8, 4) is 0 Å². The Bertz CT molecular complexity index is 878. The smallest absolute Gasteiger partial charge is 0.746 e. The van der Waals surface area contributed by atoms with E-state index in [0.29, 0.717) is 0 Å². The summed E-state index contributed by atoms with van der Waals surface area (Å²) < 4.78 is 97.7. The molecule has 0 aromatic heterocycles. The van der Waals surface area contributed by atoms with Crippen molar-refractivity contribution < 1.29 is 79.5 Å². The van der Waals surface area contributed by atoms with Gasteiger partial charge >= 0.3 is 35.5 Å². The molecule has 0 aliphatic heterocycles. The summed E-state index contributed by atoms with van der Waals surface area (Å²) in [4.78, 5) is 12.1. The molecule has 3 unspecified atom stereocenters. The summed E-state index contributed by atoms with van der Waals surface area (Å²) in [5, 5.41) is 9.57. The Morgan fingerprint density at radius 1 is 1.10 bits per heavy atom. The number of rotatable bonds is 7. The van der Waals surface area contributed by atoms with Crippen molar-refractivity contribution in [2.75, 3.05) is 7.11 Å². The van der Waals surface area contributed by atoms with Crippen LogP contribution in [0.1, 0.15) is 25.0 Å². The van der Waals surface area contributed by atoms with Gasteiger partial charge in [-0.05, 0) is 5.41 Å². The maximum atomic E-state index is 14.0. The van der Waals surface area contributed by atoms with Crippen LogP contribution in [0.3, 0.4) is 0 Å². The average molecular weight is 452 g/mol. The summed E-state index contributed by atoms with van der Waals surface area (Å²) in [5.74, 6) is -10.7. The molecule has 1 aromatic rings. The molecule has 1 N–H and O–H groups in total. The van der Waals surface area contributed by atoms with Gasteiger partial charge in [-0.1, -0.05) is 13.8 Å². The van der Waals surface area contributed by atoms with Crippen molar-refractivity contribution in [1.29, 1.82) is 0 Å². The molecule has 29 heavy (non-hydrogen) atoms. The van der Waals surface area contributed by atoms with E-state index in [1.807, 2.05) is 0 Å². The van der Waals surface area contributed by atoms with Crippen molar-refractivity contribution in [3.05, 3.63) is 34.4 Å². The molecular weight excluding hydrogens is 435 g/mol. The third-order valence-corrected chi connectivity index (χ3v) is 5.74. The molecule has 0 bridgehead atoms. The molecule has 1 fully saturated rings. The number of methoxy groups -OCH3 is 1. The van der Waals surface area contributed by atoms with Crippen LogP contribution >= 0.6 is 0 Å². The Hall–Kier alpha value is -0.760. The summed E-state index contributed by atoms with van der Waals surface area (Å²) in [7, 11) is -4.05. The van der Waals surface area contributed by atoms with Crippen molar-refractivity contribution in [1.82, 2.24) is 0 Å². The Morgan fingerprint density at radius 3 is 1.90 bits per heavy atom. The van der Waals surface area contributed by atoms with Crippen LogP contribution in [0.5, 0.6) is 0 Å². The van der Waals surface area contributed by atoms with Gasteiger partial charge in [0.2, 0.25) is 0 Å². The summed E-state index contributed by atoms with van der Waals surface area (Å²) >= 11 is 0. The van der Waals surface area contributed by atoms with Gasteiger partial charge in [-0.15, -0.1) is 0 Å². The zero-order chi connectivity index (χ0) is 21.6. The number of hydrogen-bond acceptors (Lipinski definition) is 7. The fourth-order valence-corrected chi connectivity index (χ4v) is 4.06. The predicted octanol–water partition coefficient (Wildman–Crippen LogP) is -1.43. The predicted molar refractivity (Wildman–Crippen MR) is 83.2 cm³/mol. The number of hydrogen-bond donors (Lipinski definition) is 1. The van der Waals surface area contributed by atoms with E-state index in [1.165, 1.54) is 13.8 Å². The molecule has 1 aliphatic rings. The van der Waals surface area contributed by atoms with Gasteiger partial charge in [-0.2, -0.15) is 0 Å². The van der Waals surface area contributed by atoms with Crippen LogP contribution in [0.25, 0.3) is 0 Å². The number of aliphatic hydroxyl groups is 1. The number of carbonyl (C=O) groups excluding carboxylic acids is 1. The molecule has 1 aliphatic carbocycles. The minimum atomic E-state index is -5.11. The Morgan fingerprint density at radius 2 is 1.52 bits per heavy atom. The maximum absolute atomic E-state index is 14.0. The molecule has 0 saturated heterocycles. The number of esters is 1. The number of ether oxygens (including phenoxy) is 2. The topological polar surface area (TPSA) is 113 Å². The average Bonchev–Trinajstić information content (AvgIpc) is 3.17. The molecule has 0 spiro atoms. The fraction of sp³-hybridized carbons (Fsp3) is 0.562. The molecule has 1 aromatic carbocycles. The zero-order valence-electron chi connectivity index (χ0n) is 16.0. The molecule has 13 heteroatoms. The quantitative estimate of drug-likeness (QED) is 0.178. The number of benzene rings is 1. The van der Waals surface area contributed by atoms with Crippen LogP contribution in [0, 0.1) is 40.5 Å². The molecule has 158 valence electrons. The molecule has 0 amide bonds. The summed E-state index contributed by atoms with van der Waals surface area (Å²) in [6, 6.07) is 0. The first-order chi connectivity index (χ1) is 12.8. The van der Waals surface area contributed by atoms with E-state index >= 15 is 0 Å². The monoisotopic (exact) mass is 452 g/mol. The number of aliphatic hydroxyl groups excluding tert-OH is 1. The van der Waals surface area contributed by atoms with Gasteiger partial charge in [-0.25, -0.2) is 26.0 Å². The minimum Gasteiger partial charge on any atom is -0.746 e. The summed E-state index contributed by atoms with van der Waals surface area (Å²) in [5.41, 5.74) is -5.68. The fourth-order valence-electron chi connectivity index (χ4n) is 3.19. The van der Waals surface area contributed by atoms with Gasteiger partial charge in [0.05, 0.1) is 23.7 Å². The van der Waals surface area contributed by atoms with Gasteiger partial charge in [-0.3, -0.25) is 4.79 Å². The van der Waals surface area contributed by atoms with Crippen LogP contribution in [0.4, 0.5) is 17.6 Å². The van der Waals surface area contributed by atoms with Gasteiger partial charge in [0, 0.05) is 13.0 Å². The number of carbonyl (C=O) groups is 1. The first-order valence-corrected chi connectivity index (χ1v) is 9.35. The van der Waals surface area contributed by atoms with Crippen molar-refractivity contribution in [2.45, 2.75) is 32.5 Å². The molecule has 2 rings (SSSR count). The zero-order valence-corrected chi connectivity index (χ0v) is 18.8. The second kappa shape index (κ2) is 9.16. The first kappa shape index (κ1) is 26.3. The second-order valence-corrected chi connectivity index (χ2v) is 8.43. The van der Waals surface area contributed by atoms with E-state index in [0.717, 1.165) is 7.11 Å². The van der Waals surface area contributed by atoms with Crippen molar-refractivity contribution in [2.24, 2.45) is 17.3 Å². The SMILES string of the molecule is COCc1c(F)c(F)c(COC(=O)C2C(C(O)S(=O)(=O)[O-])C2(C)C)c(F)c1F.[Na+]. The Kier molecular flexibility index (Phi) is 8.30. The van der Waals surface area contributed by atoms with Crippen LogP contribution in [-0.4, -0.2) is 36.6 Å². The van der Waals surface area contributed by atoms with Crippen molar-refractivity contribution in [3.63, 3.8) is 0 Å². The van der Waals surface area contributed by atoms with Gasteiger partial charge in [0.1, 0.15) is 22.2 Å². The van der Waals surface area contributed by atoms with E-state index in [-0.39, 0.29) is 29.6 Å². The normalized spacial score (nSPS) is 21.3. The van der Waals surface area contributed by atoms with Gasteiger partial charge in [0.15, 0.2) is 23.3 Å². The Balaban J connectivity index is 0.00000420. The van der Waals surface area contributed by atoms with E-state index in [4.69, 9.17) is 0 Å². The molecular formula is C16H17F4NaO7S. The van der Waals surface area contributed by atoms with E-state index in [2.05, 4.69) is 9.47 Å². The van der Waals surface area contributed by atoms with Crippen LogP contribution < -0.4 is 29.6 Å². The minimum absolute atomic E-state index is 0. The van der Waals surface area contributed by atoms with E-state index in [9.17, 15) is 40.4 Å². The second-order valence-electron chi connectivity index (χ2n) is 6.96. The Labute approximate surface area is 186 Å². The van der Waals surface area contributed by atoms with Crippen LogP contribution in [0.2, 0.25) is 0 Å². The third kappa shape index (κ3) is 4.94. The molecule has 3 atom stereocenters. The first-order valence-electron chi connectivity index (χ1n) is 7.88. The van der Waals surface area contributed by atoms with Crippen molar-refractivity contribution >= 4 is 16.1 Å². The molecule has 7 nitrogen and oxygen atoms in total. The van der Waals surface area contributed by atoms with Crippen LogP contribution in [-0.2, 0) is 37.6 Å². The van der Waals surface area contributed by atoms with E-state index in [1.54, 1.807) is 0 Å². The summed E-state index contributed by atoms with van der Waals surface area (Å²) in [6.45, 7) is 0.832. The molecule has 1 saturated carbocycles. The maximum Gasteiger partial charge on any atom is 1.00 e. The van der Waals surface area contributed by atoms with E-state index < -0.39 is 86.4 Å². The molecule has 0 heterocycles. The third-order valence-electron chi connectivity index (χ3n) is 4.86. The standard InChI is InChI=1S/C16H18F4O7S.Na/c1-16(2)8(9(16)15(22)28(23,24)25)14(21)27-5-7-12(19)10(17)6(4-26-3)11(18)13(7)20;/h8-9,15,22H,4-5H2,1-3H3,(H,23,24,25);/q;+1/p-1. The van der Waals surface area contributed by atoms with Crippen LogP contribution in [0.15, 0.2) is 0 Å². The summed E-state index contributed by atoms with van der Waals surface area (Å²) in [6.07, 6.45) is 0. The largest absolute Gasteiger partial charge is 1.00 e.